The molecule has 2 unspecified atom stereocenters. The Hall–Kier alpha value is -1.32. The number of thioether (sulfide) groups is 1. The quantitative estimate of drug-likeness (QED) is 0.893. The van der Waals surface area contributed by atoms with Crippen LogP contribution in [0.1, 0.15) is 18.1 Å². The second-order valence-corrected chi connectivity index (χ2v) is 6.71. The molecule has 0 saturated heterocycles. The molecule has 0 fully saturated rings. The van der Waals surface area contributed by atoms with Crippen molar-refractivity contribution in [2.24, 2.45) is 0 Å². The summed E-state index contributed by atoms with van der Waals surface area (Å²) in [6, 6.07) is 16.0. The van der Waals surface area contributed by atoms with Gasteiger partial charge in [-0.2, -0.15) is 0 Å². The Morgan fingerprint density at radius 2 is 1.95 bits per heavy atom. The largest absolute Gasteiger partial charge is 0.313 e. The first-order chi connectivity index (χ1) is 10.3. The van der Waals surface area contributed by atoms with Crippen molar-refractivity contribution in [2.45, 2.75) is 36.0 Å². The lowest BCUT2D eigenvalue weighted by molar-refractivity contribution is 0.493. The monoisotopic (exact) mass is 301 g/mol. The number of hydrogen-bond acceptors (Lipinski definition) is 2. The summed E-state index contributed by atoms with van der Waals surface area (Å²) in [6.45, 7) is 3.02. The maximum absolute atomic E-state index is 13.9. The van der Waals surface area contributed by atoms with E-state index in [1.54, 1.807) is 12.1 Å². The van der Waals surface area contributed by atoms with Crippen LogP contribution in [-0.4, -0.2) is 17.8 Å². The minimum Gasteiger partial charge on any atom is -0.313 e. The van der Waals surface area contributed by atoms with Gasteiger partial charge >= 0.3 is 0 Å². The Labute approximate surface area is 130 Å². The van der Waals surface area contributed by atoms with Crippen molar-refractivity contribution in [1.82, 2.24) is 5.32 Å². The van der Waals surface area contributed by atoms with E-state index < -0.39 is 0 Å². The van der Waals surface area contributed by atoms with Crippen molar-refractivity contribution in [2.75, 3.05) is 6.54 Å². The van der Waals surface area contributed by atoms with Crippen LogP contribution in [0.4, 0.5) is 4.39 Å². The summed E-state index contributed by atoms with van der Waals surface area (Å²) >= 11 is 1.92. The van der Waals surface area contributed by atoms with E-state index in [4.69, 9.17) is 0 Å². The van der Waals surface area contributed by atoms with Gasteiger partial charge in [0.05, 0.1) is 0 Å². The molecule has 0 saturated carbocycles. The van der Waals surface area contributed by atoms with Crippen LogP contribution >= 0.6 is 11.8 Å². The summed E-state index contributed by atoms with van der Waals surface area (Å²) in [5.41, 5.74) is 2.23. The predicted molar refractivity (Wildman–Crippen MR) is 87.4 cm³/mol. The van der Waals surface area contributed by atoms with Gasteiger partial charge in [0.2, 0.25) is 0 Å². The molecule has 2 aromatic carbocycles. The maximum Gasteiger partial charge on any atom is 0.126 e. The maximum atomic E-state index is 13.9. The van der Waals surface area contributed by atoms with Crippen LogP contribution < -0.4 is 5.32 Å². The van der Waals surface area contributed by atoms with Gasteiger partial charge in [-0.3, -0.25) is 0 Å². The molecule has 1 heterocycles. The highest BCUT2D eigenvalue weighted by Crippen LogP contribution is 2.39. The SMILES string of the molecule is CCNC(Cc1ccccc1F)C1Cc2ccccc2S1. The number of nitrogens with one attached hydrogen (secondary N) is 1. The summed E-state index contributed by atoms with van der Waals surface area (Å²) in [4.78, 5) is 1.37. The zero-order valence-corrected chi connectivity index (χ0v) is 13.0. The number of likely N-dealkylation sites (N-methyl/N-ethyl adjacent to an activating group) is 1. The molecule has 1 nitrogen and oxygen atoms in total. The van der Waals surface area contributed by atoms with E-state index in [2.05, 4.69) is 36.5 Å². The zero-order valence-electron chi connectivity index (χ0n) is 12.2. The van der Waals surface area contributed by atoms with Crippen LogP contribution in [-0.2, 0) is 12.8 Å². The lowest BCUT2D eigenvalue weighted by Gasteiger charge is -2.24. The number of benzene rings is 2. The second-order valence-electron chi connectivity index (χ2n) is 5.43. The Kier molecular flexibility index (Phi) is 4.61. The van der Waals surface area contributed by atoms with E-state index in [1.165, 1.54) is 10.5 Å². The lowest BCUT2D eigenvalue weighted by atomic mass is 9.98. The van der Waals surface area contributed by atoms with Crippen molar-refractivity contribution in [3.63, 3.8) is 0 Å². The molecule has 0 spiro atoms. The van der Waals surface area contributed by atoms with Gasteiger partial charge in [-0.15, -0.1) is 11.8 Å². The van der Waals surface area contributed by atoms with Gasteiger partial charge in [-0.05, 0) is 42.6 Å². The first kappa shape index (κ1) is 14.6. The standard InChI is InChI=1S/C18H20FNS/c1-2-20-16(11-13-7-3-5-9-15(13)19)18-12-14-8-4-6-10-17(14)21-18/h3-10,16,18,20H,2,11-12H2,1H3. The van der Waals surface area contributed by atoms with Gasteiger partial charge in [0.15, 0.2) is 0 Å². The topological polar surface area (TPSA) is 12.0 Å². The molecular weight excluding hydrogens is 281 g/mol. The minimum absolute atomic E-state index is 0.0964. The van der Waals surface area contributed by atoms with Gasteiger partial charge < -0.3 is 5.32 Å². The Morgan fingerprint density at radius 1 is 1.19 bits per heavy atom. The van der Waals surface area contributed by atoms with Gasteiger partial charge in [0.25, 0.3) is 0 Å². The van der Waals surface area contributed by atoms with Crippen LogP contribution in [0.3, 0.4) is 0 Å². The molecule has 3 rings (SSSR count). The average Bonchev–Trinajstić information content (AvgIpc) is 2.93. The normalized spacial score (nSPS) is 18.5. The predicted octanol–water partition coefficient (Wildman–Crippen LogP) is 4.06. The number of fused-ring (bicyclic) bond motifs is 1. The fourth-order valence-electron chi connectivity index (χ4n) is 2.93. The molecule has 1 N–H and O–H groups in total. The van der Waals surface area contributed by atoms with E-state index in [1.807, 2.05) is 23.9 Å². The lowest BCUT2D eigenvalue weighted by Crippen LogP contribution is -2.40. The fraction of sp³-hybridized carbons (Fsp3) is 0.333. The molecule has 0 radical (unpaired) electrons. The van der Waals surface area contributed by atoms with Gasteiger partial charge in [-0.1, -0.05) is 43.3 Å². The van der Waals surface area contributed by atoms with Crippen molar-refractivity contribution in [3.05, 3.63) is 65.5 Å². The van der Waals surface area contributed by atoms with Crippen molar-refractivity contribution in [3.8, 4) is 0 Å². The van der Waals surface area contributed by atoms with Crippen molar-refractivity contribution in [1.29, 1.82) is 0 Å². The summed E-state index contributed by atoms with van der Waals surface area (Å²) in [5, 5.41) is 4.02. The molecular formula is C18H20FNS. The van der Waals surface area contributed by atoms with Crippen LogP contribution in [0.15, 0.2) is 53.4 Å². The first-order valence-corrected chi connectivity index (χ1v) is 8.37. The molecule has 2 aromatic rings. The van der Waals surface area contributed by atoms with Crippen LogP contribution in [0, 0.1) is 5.82 Å². The van der Waals surface area contributed by atoms with Crippen molar-refractivity contribution >= 4 is 11.8 Å². The van der Waals surface area contributed by atoms with Crippen LogP contribution in [0.5, 0.6) is 0 Å². The molecule has 3 heteroatoms. The highest BCUT2D eigenvalue weighted by molar-refractivity contribution is 8.00. The van der Waals surface area contributed by atoms with Crippen LogP contribution in [0.2, 0.25) is 0 Å². The van der Waals surface area contributed by atoms with E-state index in [9.17, 15) is 4.39 Å². The number of hydrogen-bond donors (Lipinski definition) is 1. The van der Waals surface area contributed by atoms with E-state index in [-0.39, 0.29) is 5.82 Å². The van der Waals surface area contributed by atoms with E-state index >= 15 is 0 Å². The highest BCUT2D eigenvalue weighted by atomic mass is 32.2. The zero-order chi connectivity index (χ0) is 14.7. The van der Waals surface area contributed by atoms with Gasteiger partial charge in [0.1, 0.15) is 5.82 Å². The molecule has 0 amide bonds. The number of rotatable bonds is 5. The Morgan fingerprint density at radius 3 is 2.71 bits per heavy atom. The summed E-state index contributed by atoms with van der Waals surface area (Å²) < 4.78 is 13.9. The van der Waals surface area contributed by atoms with Gasteiger partial charge in [-0.25, -0.2) is 4.39 Å². The molecule has 0 bridgehead atoms. The summed E-state index contributed by atoms with van der Waals surface area (Å²) in [5.74, 6) is -0.0964. The van der Waals surface area contributed by atoms with Gasteiger partial charge in [0, 0.05) is 16.2 Å². The van der Waals surface area contributed by atoms with E-state index in [0.717, 1.165) is 24.9 Å². The number of halogens is 1. The Bertz CT molecular complexity index is 589. The highest BCUT2D eigenvalue weighted by Gasteiger charge is 2.29. The summed E-state index contributed by atoms with van der Waals surface area (Å²) in [7, 11) is 0. The van der Waals surface area contributed by atoms with E-state index in [0.29, 0.717) is 11.3 Å². The first-order valence-electron chi connectivity index (χ1n) is 7.49. The fourth-order valence-corrected chi connectivity index (χ4v) is 4.34. The molecule has 0 aliphatic carbocycles. The molecule has 2 atom stereocenters. The third-order valence-corrected chi connectivity index (χ3v) is 5.43. The molecule has 1 aliphatic rings. The molecule has 21 heavy (non-hydrogen) atoms. The second kappa shape index (κ2) is 6.63. The third-order valence-electron chi connectivity index (χ3n) is 3.98. The van der Waals surface area contributed by atoms with Crippen LogP contribution in [0.25, 0.3) is 0 Å². The third kappa shape index (κ3) is 3.30. The summed E-state index contributed by atoms with van der Waals surface area (Å²) in [6.07, 6.45) is 1.80. The molecule has 1 aliphatic heterocycles. The Balaban J connectivity index is 1.76. The minimum atomic E-state index is -0.0964. The smallest absolute Gasteiger partial charge is 0.126 e. The average molecular weight is 301 g/mol. The molecule has 0 aromatic heterocycles. The molecule has 110 valence electrons. The van der Waals surface area contributed by atoms with Crippen molar-refractivity contribution < 1.29 is 4.39 Å².